The molecule has 0 aliphatic carbocycles. The van der Waals surface area contributed by atoms with E-state index in [1.165, 1.54) is 19.2 Å². The maximum atomic E-state index is 11.9. The second-order valence-corrected chi connectivity index (χ2v) is 4.35. The van der Waals surface area contributed by atoms with Gasteiger partial charge in [-0.2, -0.15) is 5.10 Å². The largest absolute Gasteiger partial charge is 0.465 e. The van der Waals surface area contributed by atoms with Crippen LogP contribution in [0.25, 0.3) is 0 Å². The Bertz CT molecular complexity index is 586. The Hall–Kier alpha value is -2.77. The standard InChI is InChI=1S/C15H19N3O5/c1-4-22-14(20)10(3)12(15(21)23-5-2)17-18-13(19)11-8-6-7-9-16-11/h6-10H,4-5H2,1-3H3,(H,18,19)/t10-/m1/s1. The van der Waals surface area contributed by atoms with Crippen LogP contribution in [-0.2, 0) is 19.1 Å². The van der Waals surface area contributed by atoms with Crippen molar-refractivity contribution in [3.63, 3.8) is 0 Å². The minimum absolute atomic E-state index is 0.113. The lowest BCUT2D eigenvalue weighted by Gasteiger charge is -2.12. The summed E-state index contributed by atoms with van der Waals surface area (Å²) in [6.45, 7) is 4.99. The Morgan fingerprint density at radius 1 is 1.22 bits per heavy atom. The Balaban J connectivity index is 2.92. The van der Waals surface area contributed by atoms with Crippen LogP contribution in [0.15, 0.2) is 29.5 Å². The third-order valence-electron chi connectivity index (χ3n) is 2.71. The molecule has 124 valence electrons. The van der Waals surface area contributed by atoms with Crippen molar-refractivity contribution < 1.29 is 23.9 Å². The highest BCUT2D eigenvalue weighted by Gasteiger charge is 2.28. The fourth-order valence-electron chi connectivity index (χ4n) is 1.57. The van der Waals surface area contributed by atoms with Gasteiger partial charge in [0.1, 0.15) is 11.6 Å². The van der Waals surface area contributed by atoms with Crippen LogP contribution in [-0.4, -0.2) is 41.8 Å². The quantitative estimate of drug-likeness (QED) is 0.455. The number of nitrogens with one attached hydrogen (secondary N) is 1. The molecule has 0 radical (unpaired) electrons. The van der Waals surface area contributed by atoms with E-state index in [0.29, 0.717) is 0 Å². The van der Waals surface area contributed by atoms with E-state index >= 15 is 0 Å². The molecule has 0 aliphatic rings. The molecule has 1 amide bonds. The number of rotatable bonds is 7. The van der Waals surface area contributed by atoms with Crippen LogP contribution in [0, 0.1) is 5.92 Å². The molecular formula is C15H19N3O5. The van der Waals surface area contributed by atoms with E-state index in [4.69, 9.17) is 9.47 Å². The number of amides is 1. The Morgan fingerprint density at radius 2 is 1.91 bits per heavy atom. The lowest BCUT2D eigenvalue weighted by molar-refractivity contribution is -0.146. The van der Waals surface area contributed by atoms with Gasteiger partial charge in [0.05, 0.1) is 13.2 Å². The molecule has 8 nitrogen and oxygen atoms in total. The number of aromatic nitrogens is 1. The fourth-order valence-corrected chi connectivity index (χ4v) is 1.57. The van der Waals surface area contributed by atoms with Gasteiger partial charge in [-0.3, -0.25) is 14.6 Å². The molecule has 0 spiro atoms. The van der Waals surface area contributed by atoms with Gasteiger partial charge in [0.25, 0.3) is 5.91 Å². The van der Waals surface area contributed by atoms with Crippen molar-refractivity contribution in [2.75, 3.05) is 13.2 Å². The van der Waals surface area contributed by atoms with E-state index in [0.717, 1.165) is 0 Å². The maximum absolute atomic E-state index is 11.9. The number of ether oxygens (including phenoxy) is 2. The summed E-state index contributed by atoms with van der Waals surface area (Å²) in [6, 6.07) is 4.79. The number of carbonyl (C=O) groups excluding carboxylic acids is 3. The van der Waals surface area contributed by atoms with Crippen molar-refractivity contribution in [3.8, 4) is 0 Å². The van der Waals surface area contributed by atoms with Crippen LogP contribution in [0.3, 0.4) is 0 Å². The molecule has 0 aromatic carbocycles. The zero-order valence-corrected chi connectivity index (χ0v) is 13.2. The second kappa shape index (κ2) is 9.29. The highest BCUT2D eigenvalue weighted by molar-refractivity contribution is 6.40. The molecule has 0 unspecified atom stereocenters. The lowest BCUT2D eigenvalue weighted by Crippen LogP contribution is -2.34. The molecule has 1 heterocycles. The molecule has 23 heavy (non-hydrogen) atoms. The summed E-state index contributed by atoms with van der Waals surface area (Å²) in [5.74, 6) is -3.01. The zero-order valence-electron chi connectivity index (χ0n) is 13.2. The summed E-state index contributed by atoms with van der Waals surface area (Å²) in [5, 5.41) is 3.72. The molecule has 1 aromatic heterocycles. The van der Waals surface area contributed by atoms with Gasteiger partial charge in [-0.1, -0.05) is 6.07 Å². The van der Waals surface area contributed by atoms with E-state index in [2.05, 4.69) is 15.5 Å². The normalized spacial score (nSPS) is 12.2. The van der Waals surface area contributed by atoms with Crippen molar-refractivity contribution in [1.82, 2.24) is 10.4 Å². The highest BCUT2D eigenvalue weighted by atomic mass is 16.5. The Kier molecular flexibility index (Phi) is 7.38. The van der Waals surface area contributed by atoms with Gasteiger partial charge in [0.15, 0.2) is 5.71 Å². The van der Waals surface area contributed by atoms with Crippen molar-refractivity contribution in [3.05, 3.63) is 30.1 Å². The van der Waals surface area contributed by atoms with E-state index in [1.807, 2.05) is 0 Å². The van der Waals surface area contributed by atoms with Gasteiger partial charge in [-0.25, -0.2) is 10.2 Å². The van der Waals surface area contributed by atoms with Crippen molar-refractivity contribution >= 4 is 23.6 Å². The third kappa shape index (κ3) is 5.50. The summed E-state index contributed by atoms with van der Waals surface area (Å²) in [6.07, 6.45) is 1.45. The molecule has 1 N–H and O–H groups in total. The lowest BCUT2D eigenvalue weighted by atomic mass is 10.1. The first-order valence-corrected chi connectivity index (χ1v) is 7.13. The monoisotopic (exact) mass is 321 g/mol. The number of esters is 2. The van der Waals surface area contributed by atoms with Gasteiger partial charge in [0.2, 0.25) is 0 Å². The minimum atomic E-state index is -0.974. The smallest absolute Gasteiger partial charge is 0.355 e. The van der Waals surface area contributed by atoms with Crippen LogP contribution < -0.4 is 5.43 Å². The molecule has 8 heteroatoms. The predicted octanol–water partition coefficient (Wildman–Crippen LogP) is 0.930. The average molecular weight is 321 g/mol. The van der Waals surface area contributed by atoms with Crippen molar-refractivity contribution in [2.24, 2.45) is 11.0 Å². The van der Waals surface area contributed by atoms with Crippen LogP contribution in [0.2, 0.25) is 0 Å². The molecule has 0 saturated heterocycles. The number of pyridine rings is 1. The number of nitrogens with zero attached hydrogens (tertiary/aromatic N) is 2. The van der Waals surface area contributed by atoms with Gasteiger partial charge in [-0.05, 0) is 32.9 Å². The first-order valence-electron chi connectivity index (χ1n) is 7.13. The minimum Gasteiger partial charge on any atom is -0.465 e. The molecule has 0 aliphatic heterocycles. The summed E-state index contributed by atoms with van der Waals surface area (Å²) >= 11 is 0. The van der Waals surface area contributed by atoms with Crippen molar-refractivity contribution in [2.45, 2.75) is 20.8 Å². The number of hydrazone groups is 1. The fraction of sp³-hybridized carbons (Fsp3) is 0.400. The maximum Gasteiger partial charge on any atom is 0.355 e. The summed E-state index contributed by atoms with van der Waals surface area (Å²) in [7, 11) is 0. The summed E-state index contributed by atoms with van der Waals surface area (Å²) < 4.78 is 9.70. The molecular weight excluding hydrogens is 302 g/mol. The first-order chi connectivity index (χ1) is 11.0. The summed E-state index contributed by atoms with van der Waals surface area (Å²) in [4.78, 5) is 39.4. The van der Waals surface area contributed by atoms with Crippen LogP contribution in [0.5, 0.6) is 0 Å². The number of carbonyl (C=O) groups is 3. The van der Waals surface area contributed by atoms with Gasteiger partial charge in [0, 0.05) is 6.20 Å². The van der Waals surface area contributed by atoms with E-state index in [9.17, 15) is 14.4 Å². The molecule has 1 atom stereocenters. The van der Waals surface area contributed by atoms with Crippen molar-refractivity contribution in [1.29, 1.82) is 0 Å². The Labute approximate surface area is 133 Å². The average Bonchev–Trinajstić information content (AvgIpc) is 2.56. The van der Waals surface area contributed by atoms with E-state index < -0.39 is 23.8 Å². The molecule has 1 rings (SSSR count). The predicted molar refractivity (Wildman–Crippen MR) is 81.6 cm³/mol. The SMILES string of the molecule is CCOC(=O)C(=NNC(=O)c1ccccn1)[C@@H](C)C(=O)OCC. The topological polar surface area (TPSA) is 107 Å². The molecule has 0 bridgehead atoms. The zero-order chi connectivity index (χ0) is 17.2. The number of hydrogen-bond donors (Lipinski definition) is 1. The van der Waals surface area contributed by atoms with E-state index in [1.54, 1.807) is 26.0 Å². The Morgan fingerprint density at radius 3 is 2.48 bits per heavy atom. The second-order valence-electron chi connectivity index (χ2n) is 4.35. The molecule has 0 fully saturated rings. The summed E-state index contributed by atoms with van der Waals surface area (Å²) in [5.41, 5.74) is 2.08. The van der Waals surface area contributed by atoms with E-state index in [-0.39, 0.29) is 24.6 Å². The van der Waals surface area contributed by atoms with Gasteiger partial charge >= 0.3 is 11.9 Å². The third-order valence-corrected chi connectivity index (χ3v) is 2.71. The van der Waals surface area contributed by atoms with Gasteiger partial charge < -0.3 is 9.47 Å². The number of hydrogen-bond acceptors (Lipinski definition) is 7. The molecule has 1 aromatic rings. The highest BCUT2D eigenvalue weighted by Crippen LogP contribution is 2.05. The first kappa shape index (κ1) is 18.3. The molecule has 0 saturated carbocycles. The van der Waals surface area contributed by atoms with Crippen LogP contribution in [0.1, 0.15) is 31.3 Å². The van der Waals surface area contributed by atoms with Crippen LogP contribution in [0.4, 0.5) is 0 Å². The van der Waals surface area contributed by atoms with Crippen LogP contribution >= 0.6 is 0 Å². The van der Waals surface area contributed by atoms with Gasteiger partial charge in [-0.15, -0.1) is 0 Å².